The molecule has 2 heterocycles. The average molecular weight is 470 g/mol. The van der Waals surface area contributed by atoms with Gasteiger partial charge >= 0.3 is 0 Å². The topological polar surface area (TPSA) is 133 Å². The van der Waals surface area contributed by atoms with Crippen molar-refractivity contribution in [2.75, 3.05) is 16.4 Å². The standard InChI is InChI=1S/C19H16ClN9O2S/c1-28-19(25-26-27-28)32-9-17(30)23-14-5-2-12(3-6-14)18(31)24-15-8-13(20)4-7-16(15)29-11-21-10-22-29/h2-8,10-11H,9H2,1H3,(H,23,30)(H,24,31). The molecule has 4 rings (SSSR count). The second-order valence-corrected chi connectivity index (χ2v) is 7.83. The normalized spacial score (nSPS) is 10.7. The van der Waals surface area contributed by atoms with Gasteiger partial charge in [0.1, 0.15) is 12.7 Å². The van der Waals surface area contributed by atoms with E-state index in [9.17, 15) is 9.59 Å². The SMILES string of the molecule is Cn1nnnc1SCC(=O)Nc1ccc(C(=O)Nc2cc(Cl)ccc2-n2cncn2)cc1. The van der Waals surface area contributed by atoms with Crippen LogP contribution in [-0.4, -0.2) is 52.5 Å². The number of thioether (sulfide) groups is 1. The van der Waals surface area contributed by atoms with E-state index in [0.717, 1.165) is 0 Å². The number of hydrogen-bond acceptors (Lipinski definition) is 8. The number of anilines is 2. The number of benzene rings is 2. The number of tetrazole rings is 1. The number of nitrogens with one attached hydrogen (secondary N) is 2. The van der Waals surface area contributed by atoms with Crippen LogP contribution in [0.25, 0.3) is 5.69 Å². The zero-order chi connectivity index (χ0) is 22.5. The van der Waals surface area contributed by atoms with Crippen molar-refractivity contribution in [1.29, 1.82) is 0 Å². The second-order valence-electron chi connectivity index (χ2n) is 6.45. The molecule has 0 fully saturated rings. The van der Waals surface area contributed by atoms with Crippen LogP contribution in [0.5, 0.6) is 0 Å². The third kappa shape index (κ3) is 5.10. The van der Waals surface area contributed by atoms with Gasteiger partial charge < -0.3 is 10.6 Å². The highest BCUT2D eigenvalue weighted by atomic mass is 35.5. The fourth-order valence-electron chi connectivity index (χ4n) is 2.71. The molecule has 11 nitrogen and oxygen atoms in total. The first-order chi connectivity index (χ1) is 15.5. The summed E-state index contributed by atoms with van der Waals surface area (Å²) < 4.78 is 3.01. The van der Waals surface area contributed by atoms with Crippen molar-refractivity contribution in [3.05, 3.63) is 65.7 Å². The third-order valence-corrected chi connectivity index (χ3v) is 5.46. The molecule has 2 amide bonds. The van der Waals surface area contributed by atoms with Gasteiger partial charge in [0.25, 0.3) is 5.91 Å². The number of aryl methyl sites for hydroxylation is 1. The van der Waals surface area contributed by atoms with Gasteiger partial charge in [-0.25, -0.2) is 14.3 Å². The quantitative estimate of drug-likeness (QED) is 0.394. The summed E-state index contributed by atoms with van der Waals surface area (Å²) in [4.78, 5) is 28.8. The number of aromatic nitrogens is 7. The van der Waals surface area contributed by atoms with Crippen molar-refractivity contribution in [2.45, 2.75) is 5.16 Å². The molecule has 0 aliphatic carbocycles. The lowest BCUT2D eigenvalue weighted by Gasteiger charge is -2.12. The van der Waals surface area contributed by atoms with Crippen molar-refractivity contribution in [3.8, 4) is 5.69 Å². The lowest BCUT2D eigenvalue weighted by Crippen LogP contribution is -2.16. The van der Waals surface area contributed by atoms with Crippen molar-refractivity contribution in [1.82, 2.24) is 35.0 Å². The van der Waals surface area contributed by atoms with Gasteiger partial charge in [0, 0.05) is 23.3 Å². The summed E-state index contributed by atoms with van der Waals surface area (Å²) >= 11 is 7.31. The lowest BCUT2D eigenvalue weighted by atomic mass is 10.2. The number of rotatable bonds is 7. The molecule has 2 N–H and O–H groups in total. The monoisotopic (exact) mass is 469 g/mol. The van der Waals surface area contributed by atoms with Gasteiger partial charge in [-0.15, -0.1) is 5.10 Å². The average Bonchev–Trinajstić information content (AvgIpc) is 3.45. The summed E-state index contributed by atoms with van der Waals surface area (Å²) in [5, 5.41) is 21.7. The molecule has 162 valence electrons. The zero-order valence-corrected chi connectivity index (χ0v) is 18.2. The maximum atomic E-state index is 12.7. The maximum Gasteiger partial charge on any atom is 0.255 e. The Labute approximate surface area is 191 Å². The predicted molar refractivity (Wildman–Crippen MR) is 119 cm³/mol. The van der Waals surface area contributed by atoms with E-state index in [0.29, 0.717) is 32.8 Å². The molecule has 0 unspecified atom stereocenters. The fourth-order valence-corrected chi connectivity index (χ4v) is 3.53. The van der Waals surface area contributed by atoms with E-state index in [4.69, 9.17) is 11.6 Å². The molecule has 0 saturated carbocycles. The number of hydrogen-bond donors (Lipinski definition) is 2. The lowest BCUT2D eigenvalue weighted by molar-refractivity contribution is -0.113. The Hall–Kier alpha value is -3.77. The minimum atomic E-state index is -0.336. The van der Waals surface area contributed by atoms with Crippen molar-refractivity contribution < 1.29 is 9.59 Å². The van der Waals surface area contributed by atoms with Crippen molar-refractivity contribution in [3.63, 3.8) is 0 Å². The Bertz CT molecular complexity index is 1240. The first-order valence-electron chi connectivity index (χ1n) is 9.20. The van der Waals surface area contributed by atoms with Crippen LogP contribution in [0.4, 0.5) is 11.4 Å². The number of nitrogens with zero attached hydrogens (tertiary/aromatic N) is 7. The highest BCUT2D eigenvalue weighted by Gasteiger charge is 2.13. The van der Waals surface area contributed by atoms with Crippen molar-refractivity contribution in [2.24, 2.45) is 7.05 Å². The Balaban J connectivity index is 1.39. The van der Waals surface area contributed by atoms with E-state index < -0.39 is 0 Å². The summed E-state index contributed by atoms with van der Waals surface area (Å²) in [5.41, 5.74) is 2.08. The van der Waals surface area contributed by atoms with Gasteiger partial charge in [-0.3, -0.25) is 9.59 Å². The van der Waals surface area contributed by atoms with E-state index in [2.05, 4.69) is 36.2 Å². The first-order valence-corrected chi connectivity index (χ1v) is 10.6. The Morgan fingerprint density at radius 3 is 2.62 bits per heavy atom. The van der Waals surface area contributed by atoms with Crippen molar-refractivity contribution >= 4 is 46.6 Å². The molecule has 0 radical (unpaired) electrons. The van der Waals surface area contributed by atoms with Crippen LogP contribution in [0.15, 0.2) is 60.3 Å². The minimum absolute atomic E-state index is 0.149. The fraction of sp³-hybridized carbons (Fsp3) is 0.105. The van der Waals surface area contributed by atoms with E-state index >= 15 is 0 Å². The van der Waals surface area contributed by atoms with Gasteiger partial charge in [-0.1, -0.05) is 23.4 Å². The minimum Gasteiger partial charge on any atom is -0.325 e. The van der Waals surface area contributed by atoms with E-state index in [1.165, 1.54) is 33.8 Å². The maximum absolute atomic E-state index is 12.7. The highest BCUT2D eigenvalue weighted by molar-refractivity contribution is 7.99. The van der Waals surface area contributed by atoms with Crippen LogP contribution in [0, 0.1) is 0 Å². The summed E-state index contributed by atoms with van der Waals surface area (Å²) in [6.45, 7) is 0. The van der Waals surface area contributed by atoms with Gasteiger partial charge in [0.2, 0.25) is 11.1 Å². The summed E-state index contributed by atoms with van der Waals surface area (Å²) in [6, 6.07) is 11.6. The van der Waals surface area contributed by atoms with Gasteiger partial charge in [-0.2, -0.15) is 5.10 Å². The van der Waals surface area contributed by atoms with Gasteiger partial charge in [0.05, 0.1) is 17.1 Å². The highest BCUT2D eigenvalue weighted by Crippen LogP contribution is 2.25. The molecule has 4 aromatic rings. The van der Waals surface area contributed by atoms with Gasteiger partial charge in [-0.05, 0) is 52.9 Å². The predicted octanol–water partition coefficient (Wildman–Crippen LogP) is 2.43. The smallest absolute Gasteiger partial charge is 0.255 e. The van der Waals surface area contributed by atoms with Crippen LogP contribution in [-0.2, 0) is 11.8 Å². The molecule has 2 aromatic carbocycles. The molecule has 0 aliphatic heterocycles. The number of carbonyl (C=O) groups excluding carboxylic acids is 2. The summed E-state index contributed by atoms with van der Waals surface area (Å²) in [5.74, 6) is -0.403. The molecule has 0 bridgehead atoms. The van der Waals surface area contributed by atoms with Crippen LogP contribution >= 0.6 is 23.4 Å². The van der Waals surface area contributed by atoms with E-state index in [-0.39, 0.29) is 17.6 Å². The Morgan fingerprint density at radius 1 is 1.12 bits per heavy atom. The largest absolute Gasteiger partial charge is 0.325 e. The third-order valence-electron chi connectivity index (χ3n) is 4.22. The summed E-state index contributed by atoms with van der Waals surface area (Å²) in [6.07, 6.45) is 2.92. The van der Waals surface area contributed by atoms with Crippen LogP contribution in [0.1, 0.15) is 10.4 Å². The molecule has 13 heteroatoms. The molecule has 2 aromatic heterocycles. The molecule has 32 heavy (non-hydrogen) atoms. The zero-order valence-electron chi connectivity index (χ0n) is 16.6. The van der Waals surface area contributed by atoms with Gasteiger partial charge in [0.15, 0.2) is 0 Å². The number of amides is 2. The molecule has 0 aliphatic rings. The van der Waals surface area contributed by atoms with Crippen LogP contribution in [0.3, 0.4) is 0 Å². The molecule has 0 saturated heterocycles. The molecule has 0 atom stereocenters. The first kappa shape index (κ1) is 21.5. The van der Waals surface area contributed by atoms with E-state index in [1.807, 2.05) is 0 Å². The number of carbonyl (C=O) groups is 2. The molecule has 0 spiro atoms. The van der Waals surface area contributed by atoms with Crippen LogP contribution < -0.4 is 10.6 Å². The summed E-state index contributed by atoms with van der Waals surface area (Å²) in [7, 11) is 1.70. The second kappa shape index (κ2) is 9.58. The molecular formula is C19H16ClN9O2S. The molecular weight excluding hydrogens is 454 g/mol. The Kier molecular flexibility index (Phi) is 6.42. The van der Waals surface area contributed by atoms with Crippen LogP contribution in [0.2, 0.25) is 5.02 Å². The Morgan fingerprint density at radius 2 is 1.94 bits per heavy atom. The van der Waals surface area contributed by atoms with E-state index in [1.54, 1.807) is 49.5 Å². The number of halogens is 1.